The maximum Gasteiger partial charge on any atom is 0.573 e. The normalized spacial score (nSPS) is 16.4. The Morgan fingerprint density at radius 2 is 1.90 bits per heavy atom. The van der Waals surface area contributed by atoms with Gasteiger partial charge >= 0.3 is 6.36 Å². The van der Waals surface area contributed by atoms with Crippen LogP contribution in [-0.4, -0.2) is 70.6 Å². The smallest absolute Gasteiger partial charge is 0.406 e. The molecule has 16 heteroatoms. The molecule has 1 N–H and O–H groups in total. The van der Waals surface area contributed by atoms with Gasteiger partial charge in [-0.3, -0.25) is 9.59 Å². The predicted octanol–water partition coefficient (Wildman–Crippen LogP) is 3.63. The molecular weight excluding hydrogens is 573 g/mol. The van der Waals surface area contributed by atoms with Gasteiger partial charge in [0.25, 0.3) is 11.8 Å². The van der Waals surface area contributed by atoms with Crippen LogP contribution in [0.1, 0.15) is 76.2 Å². The molecule has 5 rings (SSSR count). The van der Waals surface area contributed by atoms with E-state index in [-0.39, 0.29) is 23.4 Å². The summed E-state index contributed by atoms with van der Waals surface area (Å²) in [4.78, 5) is 36.4. The third kappa shape index (κ3) is 6.27. The van der Waals surface area contributed by atoms with Gasteiger partial charge in [0.2, 0.25) is 5.13 Å². The first-order chi connectivity index (χ1) is 18.7. The van der Waals surface area contributed by atoms with Crippen LogP contribution in [0.25, 0.3) is 5.13 Å². The van der Waals surface area contributed by atoms with Gasteiger partial charge in [-0.1, -0.05) is 11.3 Å². The highest BCUT2D eigenvalue weighted by Gasteiger charge is 2.34. The van der Waals surface area contributed by atoms with Gasteiger partial charge < -0.3 is 15.0 Å². The number of nitrogens with one attached hydrogen (secondary N) is 1. The van der Waals surface area contributed by atoms with Crippen LogP contribution in [0.2, 0.25) is 0 Å². The zero-order chi connectivity index (χ0) is 29.0. The lowest BCUT2D eigenvalue weighted by Gasteiger charge is -2.15. The highest BCUT2D eigenvalue weighted by Crippen LogP contribution is 2.39. The van der Waals surface area contributed by atoms with Crippen molar-refractivity contribution in [2.45, 2.75) is 61.9 Å². The number of rotatable bonds is 9. The Morgan fingerprint density at radius 3 is 2.50 bits per heavy atom. The lowest BCUT2D eigenvalue weighted by Crippen LogP contribution is -2.29. The van der Waals surface area contributed by atoms with Gasteiger partial charge in [0.15, 0.2) is 21.5 Å². The molecule has 40 heavy (non-hydrogen) atoms. The highest BCUT2D eigenvalue weighted by molar-refractivity contribution is 7.90. The number of aromatic nitrogens is 4. The van der Waals surface area contributed by atoms with Crippen LogP contribution >= 0.6 is 11.3 Å². The number of nitrogens with zero attached hydrogens (tertiary/aromatic N) is 5. The summed E-state index contributed by atoms with van der Waals surface area (Å²) in [5, 5.41) is 7.57. The summed E-state index contributed by atoms with van der Waals surface area (Å²) < 4.78 is 67.9. The zero-order valence-electron chi connectivity index (χ0n) is 21.6. The van der Waals surface area contributed by atoms with Crippen molar-refractivity contribution in [3.05, 3.63) is 46.5 Å². The molecule has 1 atom stereocenters. The topological polar surface area (TPSA) is 136 Å². The molecule has 0 saturated heterocycles. The third-order valence-corrected chi connectivity index (χ3v) is 8.48. The number of thiazole rings is 1. The Morgan fingerprint density at radius 1 is 1.20 bits per heavy atom. The second-order valence-corrected chi connectivity index (χ2v) is 12.9. The molecule has 3 aromatic rings. The van der Waals surface area contributed by atoms with Crippen molar-refractivity contribution >= 4 is 33.0 Å². The number of halogens is 3. The van der Waals surface area contributed by atoms with Crippen LogP contribution in [-0.2, 0) is 9.84 Å². The van der Waals surface area contributed by atoms with E-state index in [1.165, 1.54) is 10.9 Å². The fourth-order valence-electron chi connectivity index (χ4n) is 3.99. The van der Waals surface area contributed by atoms with Crippen molar-refractivity contribution in [3.8, 4) is 10.9 Å². The molecule has 2 aliphatic carbocycles. The number of benzene rings is 1. The van der Waals surface area contributed by atoms with Gasteiger partial charge in [-0.15, -0.1) is 18.3 Å². The van der Waals surface area contributed by atoms with Gasteiger partial charge in [-0.05, 0) is 50.8 Å². The summed E-state index contributed by atoms with van der Waals surface area (Å²) in [6.45, 7) is 1.60. The van der Waals surface area contributed by atoms with E-state index in [1.807, 2.05) is 0 Å². The standard InChI is InChI=1S/C24H25F3N6O5S2/c1-12(29-21(34)14-8-16(38-24(25,26)27)10-17(9-14)40(3,36)37)20-30-19(13-4-5-13)31-33(20)23-28-11-18(39-23)22(35)32(2)15-6-7-15/h8-13,15H,4-7H2,1-3H3,(H,29,34)/t12-/m0/s1. The van der Waals surface area contributed by atoms with Crippen LogP contribution in [0.15, 0.2) is 29.3 Å². The minimum absolute atomic E-state index is 0.151. The Labute approximate surface area is 231 Å². The minimum atomic E-state index is -5.09. The molecule has 0 spiro atoms. The highest BCUT2D eigenvalue weighted by atomic mass is 32.2. The lowest BCUT2D eigenvalue weighted by atomic mass is 10.2. The SMILES string of the molecule is C[C@H](NC(=O)c1cc(OC(F)(F)F)cc(S(C)(=O)=O)c1)c1nc(C2CC2)nn1-c1ncc(C(=O)N(C)C2CC2)s1. The molecule has 1 aromatic carbocycles. The van der Waals surface area contributed by atoms with Crippen LogP contribution < -0.4 is 10.1 Å². The fourth-order valence-corrected chi connectivity index (χ4v) is 5.52. The van der Waals surface area contributed by atoms with E-state index in [0.717, 1.165) is 55.4 Å². The summed E-state index contributed by atoms with van der Waals surface area (Å²) >= 11 is 1.13. The van der Waals surface area contributed by atoms with Crippen molar-refractivity contribution in [3.63, 3.8) is 0 Å². The van der Waals surface area contributed by atoms with E-state index in [4.69, 9.17) is 0 Å². The molecule has 2 fully saturated rings. The van der Waals surface area contributed by atoms with Crippen molar-refractivity contribution < 1.29 is 35.9 Å². The molecule has 2 heterocycles. The summed E-state index contributed by atoms with van der Waals surface area (Å²) in [7, 11) is -2.22. The molecule has 0 aliphatic heterocycles. The summed E-state index contributed by atoms with van der Waals surface area (Å²) in [6.07, 6.45) is 0.900. The van der Waals surface area contributed by atoms with Crippen molar-refractivity contribution in [2.75, 3.05) is 13.3 Å². The quantitative estimate of drug-likeness (QED) is 0.395. The van der Waals surface area contributed by atoms with Crippen molar-refractivity contribution in [1.82, 2.24) is 30.0 Å². The molecular formula is C24H25F3N6O5S2. The van der Waals surface area contributed by atoms with Crippen LogP contribution in [0.5, 0.6) is 5.75 Å². The molecule has 0 radical (unpaired) electrons. The second kappa shape index (κ2) is 10.1. The van der Waals surface area contributed by atoms with E-state index >= 15 is 0 Å². The molecule has 2 aromatic heterocycles. The van der Waals surface area contributed by atoms with E-state index in [9.17, 15) is 31.2 Å². The first-order valence-corrected chi connectivity index (χ1v) is 15.0. The number of sulfone groups is 1. The Kier molecular flexibility index (Phi) is 7.10. The van der Waals surface area contributed by atoms with Crippen LogP contribution in [0.3, 0.4) is 0 Å². The molecule has 2 aliphatic rings. The Hall–Kier alpha value is -3.53. The molecule has 2 saturated carbocycles. The fraction of sp³-hybridized carbons (Fsp3) is 0.458. The lowest BCUT2D eigenvalue weighted by molar-refractivity contribution is -0.274. The van der Waals surface area contributed by atoms with Gasteiger partial charge in [0, 0.05) is 30.8 Å². The van der Waals surface area contributed by atoms with Gasteiger partial charge in [0.05, 0.1) is 17.1 Å². The number of amides is 2. The number of hydrogen-bond acceptors (Lipinski definition) is 9. The first kappa shape index (κ1) is 28.0. The Balaban J connectivity index is 1.42. The maximum atomic E-state index is 13.1. The molecule has 2 amide bonds. The minimum Gasteiger partial charge on any atom is -0.406 e. The van der Waals surface area contributed by atoms with Crippen LogP contribution in [0.4, 0.5) is 13.2 Å². The van der Waals surface area contributed by atoms with Crippen molar-refractivity contribution in [1.29, 1.82) is 0 Å². The van der Waals surface area contributed by atoms with E-state index in [1.54, 1.807) is 18.9 Å². The summed E-state index contributed by atoms with van der Waals surface area (Å²) in [5.41, 5.74) is -0.354. The summed E-state index contributed by atoms with van der Waals surface area (Å²) in [6, 6.07) is 1.87. The van der Waals surface area contributed by atoms with Crippen LogP contribution in [0, 0.1) is 0 Å². The number of alkyl halides is 3. The predicted molar refractivity (Wildman–Crippen MR) is 136 cm³/mol. The largest absolute Gasteiger partial charge is 0.573 e. The zero-order valence-corrected chi connectivity index (χ0v) is 23.2. The second-order valence-electron chi connectivity index (χ2n) is 9.88. The first-order valence-electron chi connectivity index (χ1n) is 12.3. The van der Waals surface area contributed by atoms with Gasteiger partial charge in [-0.2, -0.15) is 4.68 Å². The molecule has 214 valence electrons. The van der Waals surface area contributed by atoms with Crippen molar-refractivity contribution in [2.24, 2.45) is 0 Å². The maximum absolute atomic E-state index is 13.1. The molecule has 11 nitrogen and oxygen atoms in total. The number of carbonyl (C=O) groups excluding carboxylic acids is 2. The van der Waals surface area contributed by atoms with Gasteiger partial charge in [0.1, 0.15) is 10.6 Å². The average molecular weight is 599 g/mol. The summed E-state index contributed by atoms with van der Waals surface area (Å²) in [5.74, 6) is -0.852. The average Bonchev–Trinajstić information content (AvgIpc) is 3.79. The van der Waals surface area contributed by atoms with Gasteiger partial charge in [-0.25, -0.2) is 18.4 Å². The van der Waals surface area contributed by atoms with E-state index in [0.29, 0.717) is 27.7 Å². The number of ether oxygens (including phenoxy) is 1. The monoisotopic (exact) mass is 598 g/mol. The third-order valence-electron chi connectivity index (χ3n) is 6.43. The number of carbonyl (C=O) groups is 2. The Bertz CT molecular complexity index is 1580. The molecule has 0 unspecified atom stereocenters. The number of hydrogen-bond donors (Lipinski definition) is 1. The molecule has 0 bridgehead atoms. The van der Waals surface area contributed by atoms with E-state index < -0.39 is 38.8 Å². The van der Waals surface area contributed by atoms with E-state index in [2.05, 4.69) is 25.1 Å².